The van der Waals surface area contributed by atoms with E-state index in [1.807, 2.05) is 66.2 Å². The number of carbonyl (C=O) groups is 1. The Kier molecular flexibility index (Phi) is 9.26. The van der Waals surface area contributed by atoms with Gasteiger partial charge in [0.05, 0.1) is 40.9 Å². The van der Waals surface area contributed by atoms with Crippen LogP contribution in [0.1, 0.15) is 36.3 Å². The molecule has 4 aromatic rings. The number of unbranched alkanes of at least 4 members (excludes halogenated alkanes) is 1. The Hall–Kier alpha value is -3.11. The third-order valence-electron chi connectivity index (χ3n) is 7.22. The molecule has 8 nitrogen and oxygen atoms in total. The van der Waals surface area contributed by atoms with Gasteiger partial charge in [0.25, 0.3) is 0 Å². The number of thiophene rings is 1. The van der Waals surface area contributed by atoms with Gasteiger partial charge in [-0.3, -0.25) is 9.20 Å². The summed E-state index contributed by atoms with van der Waals surface area (Å²) < 4.78 is 14.4. The molecule has 3 aromatic heterocycles. The number of rotatable bonds is 12. The van der Waals surface area contributed by atoms with Crippen molar-refractivity contribution in [1.82, 2.24) is 19.2 Å². The van der Waals surface area contributed by atoms with Gasteiger partial charge in [-0.1, -0.05) is 29.8 Å². The Balaban J connectivity index is 1.28. The zero-order chi connectivity index (χ0) is 28.1. The minimum atomic E-state index is -0.412. The van der Waals surface area contributed by atoms with Crippen molar-refractivity contribution in [3.63, 3.8) is 0 Å². The van der Waals surface area contributed by atoms with Crippen LogP contribution in [-0.2, 0) is 11.2 Å². The van der Waals surface area contributed by atoms with E-state index < -0.39 is 5.91 Å². The quantitative estimate of drug-likeness (QED) is 0.229. The van der Waals surface area contributed by atoms with E-state index in [0.29, 0.717) is 17.4 Å². The van der Waals surface area contributed by atoms with Gasteiger partial charge in [-0.15, -0.1) is 11.3 Å². The van der Waals surface area contributed by atoms with E-state index >= 15 is 0 Å². The third-order valence-corrected chi connectivity index (χ3v) is 8.70. The zero-order valence-electron chi connectivity index (χ0n) is 23.0. The normalized spacial score (nSPS) is 15.4. The molecular weight excluding hydrogens is 546 g/mol. The van der Waals surface area contributed by atoms with Crippen molar-refractivity contribution in [3.8, 4) is 22.1 Å². The molecule has 0 radical (unpaired) electrons. The molecule has 1 aliphatic heterocycles. The third kappa shape index (κ3) is 6.96. The number of imidazole rings is 1. The highest BCUT2D eigenvalue weighted by atomic mass is 35.5. The van der Waals surface area contributed by atoms with Crippen LogP contribution < -0.4 is 15.2 Å². The summed E-state index contributed by atoms with van der Waals surface area (Å²) in [5, 5.41) is 0.635. The number of likely N-dealkylation sites (N-methyl/N-ethyl adjacent to an activating group) is 1. The maximum Gasteiger partial charge on any atom is 0.222 e. The zero-order valence-corrected chi connectivity index (χ0v) is 24.6. The number of piperazine rings is 1. The molecule has 5 rings (SSSR count). The van der Waals surface area contributed by atoms with Crippen molar-refractivity contribution in [2.24, 2.45) is 5.73 Å². The molecule has 4 heterocycles. The highest BCUT2D eigenvalue weighted by Gasteiger charge is 2.20. The summed E-state index contributed by atoms with van der Waals surface area (Å²) in [6, 6.07) is 13.5. The van der Waals surface area contributed by atoms with Gasteiger partial charge in [0.2, 0.25) is 5.91 Å². The number of fused-ring (bicyclic) bond motifs is 1. The summed E-state index contributed by atoms with van der Waals surface area (Å²) in [5.41, 5.74) is 8.15. The SMILES string of the molecule is CC(Oc1cc(-c2cnc3ccc(OCCCCN4CCN(C)CC4)cn23)sc1CC(N)=O)c1ccccc1Cl. The Bertz CT molecular complexity index is 1450. The summed E-state index contributed by atoms with van der Waals surface area (Å²) in [6.07, 6.45) is 5.72. The van der Waals surface area contributed by atoms with E-state index in [1.165, 1.54) is 11.3 Å². The van der Waals surface area contributed by atoms with Crippen molar-refractivity contribution in [2.75, 3.05) is 46.4 Å². The van der Waals surface area contributed by atoms with Gasteiger partial charge in [-0.2, -0.15) is 0 Å². The molecule has 1 amide bonds. The first-order valence-electron chi connectivity index (χ1n) is 13.7. The summed E-state index contributed by atoms with van der Waals surface area (Å²) in [7, 11) is 2.18. The van der Waals surface area contributed by atoms with Crippen LogP contribution in [0.5, 0.6) is 11.5 Å². The number of hydrogen-bond donors (Lipinski definition) is 1. The molecule has 1 fully saturated rings. The summed E-state index contributed by atoms with van der Waals surface area (Å²) in [5.74, 6) is 1.00. The fourth-order valence-corrected chi connectivity index (χ4v) is 6.30. The molecule has 0 saturated carbocycles. The van der Waals surface area contributed by atoms with Gasteiger partial charge in [0.1, 0.15) is 23.3 Å². The number of pyridine rings is 1. The maximum absolute atomic E-state index is 11.8. The second-order valence-corrected chi connectivity index (χ2v) is 11.8. The number of ether oxygens (including phenoxy) is 2. The maximum atomic E-state index is 11.8. The Labute approximate surface area is 244 Å². The first kappa shape index (κ1) is 28.4. The van der Waals surface area contributed by atoms with Crippen LogP contribution in [0.3, 0.4) is 0 Å². The summed E-state index contributed by atoms with van der Waals surface area (Å²) in [4.78, 5) is 23.0. The van der Waals surface area contributed by atoms with Crippen molar-refractivity contribution in [2.45, 2.75) is 32.3 Å². The molecule has 40 heavy (non-hydrogen) atoms. The topological polar surface area (TPSA) is 85.3 Å². The molecular formula is C30H36ClN5O3S. The lowest BCUT2D eigenvalue weighted by Crippen LogP contribution is -2.44. The number of aromatic nitrogens is 2. The van der Waals surface area contributed by atoms with Crippen molar-refractivity contribution < 1.29 is 14.3 Å². The number of primary amides is 1. The molecule has 212 valence electrons. The molecule has 1 unspecified atom stereocenters. The van der Waals surface area contributed by atoms with E-state index in [4.69, 9.17) is 26.8 Å². The average Bonchev–Trinajstić information content (AvgIpc) is 3.52. The molecule has 0 spiro atoms. The molecule has 10 heteroatoms. The van der Waals surface area contributed by atoms with E-state index in [9.17, 15) is 4.79 Å². The Morgan fingerprint density at radius 1 is 1.15 bits per heavy atom. The van der Waals surface area contributed by atoms with Crippen molar-refractivity contribution >= 4 is 34.5 Å². The standard InChI is InChI=1S/C30H36ClN5O3S/c1-21(23-7-3-4-8-24(23)31)39-26-17-27(40-28(26)18-29(32)37)25-19-33-30-10-9-22(20-36(25)30)38-16-6-5-11-35-14-12-34(2)13-15-35/h3-4,7-10,17,19-21H,5-6,11-16,18H2,1-2H3,(H2,32,37). The van der Waals surface area contributed by atoms with Crippen LogP contribution in [0.25, 0.3) is 16.2 Å². The van der Waals surface area contributed by atoms with Gasteiger partial charge in [0, 0.05) is 42.8 Å². The fourth-order valence-electron chi connectivity index (χ4n) is 4.91. The smallest absolute Gasteiger partial charge is 0.222 e. The van der Waals surface area contributed by atoms with Gasteiger partial charge in [-0.05, 0) is 51.6 Å². The number of hydrogen-bond acceptors (Lipinski definition) is 7. The largest absolute Gasteiger partial charge is 0.492 e. The van der Waals surface area contributed by atoms with Crippen molar-refractivity contribution in [1.29, 1.82) is 0 Å². The van der Waals surface area contributed by atoms with E-state index in [2.05, 4.69) is 21.8 Å². The number of amides is 1. The number of nitrogens with zero attached hydrogens (tertiary/aromatic N) is 4. The van der Waals surface area contributed by atoms with Crippen LogP contribution in [0, 0.1) is 0 Å². The van der Waals surface area contributed by atoms with E-state index in [-0.39, 0.29) is 12.5 Å². The molecule has 1 saturated heterocycles. The predicted octanol–water partition coefficient (Wildman–Crippen LogP) is 5.29. The minimum Gasteiger partial charge on any atom is -0.492 e. The minimum absolute atomic E-state index is 0.0917. The van der Waals surface area contributed by atoms with Crippen LogP contribution in [0.4, 0.5) is 0 Å². The number of halogens is 1. The molecule has 0 aliphatic carbocycles. The number of carbonyl (C=O) groups excluding carboxylic acids is 1. The molecule has 1 aromatic carbocycles. The predicted molar refractivity (Wildman–Crippen MR) is 161 cm³/mol. The summed E-state index contributed by atoms with van der Waals surface area (Å²) >= 11 is 7.87. The first-order valence-corrected chi connectivity index (χ1v) is 14.9. The van der Waals surface area contributed by atoms with E-state index in [1.54, 1.807) is 0 Å². The lowest BCUT2D eigenvalue weighted by atomic mass is 10.1. The van der Waals surface area contributed by atoms with E-state index in [0.717, 1.165) is 78.0 Å². The van der Waals surface area contributed by atoms with Crippen LogP contribution >= 0.6 is 22.9 Å². The van der Waals surface area contributed by atoms with Gasteiger partial charge in [0.15, 0.2) is 0 Å². The Morgan fingerprint density at radius 2 is 1.95 bits per heavy atom. The fraction of sp³-hybridized carbons (Fsp3) is 0.400. The average molecular weight is 582 g/mol. The lowest BCUT2D eigenvalue weighted by Gasteiger charge is -2.32. The molecule has 1 aliphatic rings. The van der Waals surface area contributed by atoms with Crippen LogP contribution in [0.15, 0.2) is 54.9 Å². The molecule has 1 atom stereocenters. The van der Waals surface area contributed by atoms with Gasteiger partial charge in [-0.25, -0.2) is 4.98 Å². The highest BCUT2D eigenvalue weighted by Crippen LogP contribution is 2.39. The van der Waals surface area contributed by atoms with Gasteiger partial charge >= 0.3 is 0 Å². The van der Waals surface area contributed by atoms with Gasteiger partial charge < -0.3 is 25.0 Å². The molecule has 0 bridgehead atoms. The highest BCUT2D eigenvalue weighted by molar-refractivity contribution is 7.15. The van der Waals surface area contributed by atoms with Crippen molar-refractivity contribution in [3.05, 3.63) is 70.3 Å². The second-order valence-electron chi connectivity index (χ2n) is 10.3. The molecule has 2 N–H and O–H groups in total. The van der Waals surface area contributed by atoms with Crippen LogP contribution in [0.2, 0.25) is 5.02 Å². The first-order chi connectivity index (χ1) is 19.4. The Morgan fingerprint density at radius 3 is 2.73 bits per heavy atom. The van der Waals surface area contributed by atoms with Crippen LogP contribution in [-0.4, -0.2) is 71.5 Å². The summed E-state index contributed by atoms with van der Waals surface area (Å²) in [6.45, 7) is 8.31. The lowest BCUT2D eigenvalue weighted by molar-refractivity contribution is -0.117. The number of benzene rings is 1. The second kappa shape index (κ2) is 13.0. The number of nitrogens with two attached hydrogens (primary N) is 1. The monoisotopic (exact) mass is 581 g/mol.